The molecule has 1 aliphatic heterocycles. The van der Waals surface area contributed by atoms with Crippen LogP contribution in [0.1, 0.15) is 103 Å². The van der Waals surface area contributed by atoms with Crippen molar-refractivity contribution in [2.45, 2.75) is 109 Å². The van der Waals surface area contributed by atoms with Crippen LogP contribution in [0.4, 0.5) is 0 Å². The Morgan fingerprint density at radius 3 is 1.92 bits per heavy atom. The van der Waals surface area contributed by atoms with Crippen LogP contribution >= 0.6 is 7.60 Å². The second-order valence-electron chi connectivity index (χ2n) is 7.55. The molecule has 154 valence electrons. The number of carbonyl (C=O) groups is 1. The molecule has 1 fully saturated rings. The second-order valence-corrected chi connectivity index (χ2v) is 9.49. The quantitative estimate of drug-likeness (QED) is 0.199. The lowest BCUT2D eigenvalue weighted by Crippen LogP contribution is -2.17. The normalized spacial score (nSPS) is 22.6. The molecule has 6 heteroatoms. The summed E-state index contributed by atoms with van der Waals surface area (Å²) in [6.45, 7) is 2.35. The maximum atomic E-state index is 11.7. The van der Waals surface area contributed by atoms with Crippen LogP contribution in [0.15, 0.2) is 0 Å². The van der Waals surface area contributed by atoms with Gasteiger partial charge >= 0.3 is 13.6 Å². The molecule has 1 aliphatic rings. The third kappa shape index (κ3) is 12.9. The zero-order chi connectivity index (χ0) is 19.1. The first-order valence-corrected chi connectivity index (χ1v) is 12.5. The van der Waals surface area contributed by atoms with Crippen LogP contribution in [0.3, 0.4) is 0 Å². The maximum Gasteiger partial charge on any atom is 0.328 e. The van der Waals surface area contributed by atoms with Gasteiger partial charge in [0.2, 0.25) is 0 Å². The molecule has 1 saturated heterocycles. The largest absolute Gasteiger partial charge is 0.463 e. The van der Waals surface area contributed by atoms with Gasteiger partial charge in [-0.15, -0.1) is 0 Å². The third-order valence-electron chi connectivity index (χ3n) is 4.96. The van der Waals surface area contributed by atoms with Crippen LogP contribution < -0.4 is 0 Å². The van der Waals surface area contributed by atoms with Crippen molar-refractivity contribution in [1.29, 1.82) is 0 Å². The minimum atomic E-state index is -3.40. The highest BCUT2D eigenvalue weighted by Gasteiger charge is 2.33. The fourth-order valence-corrected chi connectivity index (χ4v) is 4.66. The summed E-state index contributed by atoms with van der Waals surface area (Å²) in [5.41, 5.74) is 0. The monoisotopic (exact) mass is 390 g/mol. The fourth-order valence-electron chi connectivity index (χ4n) is 3.30. The molecule has 1 N–H and O–H groups in total. The van der Waals surface area contributed by atoms with E-state index in [0.717, 1.165) is 12.8 Å². The van der Waals surface area contributed by atoms with Crippen molar-refractivity contribution >= 4 is 13.6 Å². The van der Waals surface area contributed by atoms with Gasteiger partial charge in [0, 0.05) is 6.42 Å². The van der Waals surface area contributed by atoms with Crippen LogP contribution in [-0.4, -0.2) is 29.7 Å². The average molecular weight is 391 g/mol. The first-order chi connectivity index (χ1) is 12.5. The molecule has 1 heterocycles. The zero-order valence-electron chi connectivity index (χ0n) is 16.6. The molecule has 0 aromatic heterocycles. The highest BCUT2D eigenvalue weighted by atomic mass is 31.2. The molecule has 1 rings (SSSR count). The van der Waals surface area contributed by atoms with E-state index in [-0.39, 0.29) is 18.7 Å². The van der Waals surface area contributed by atoms with Crippen molar-refractivity contribution in [3.63, 3.8) is 0 Å². The first-order valence-electron chi connectivity index (χ1n) is 10.7. The Morgan fingerprint density at radius 2 is 1.46 bits per heavy atom. The van der Waals surface area contributed by atoms with Crippen molar-refractivity contribution in [1.82, 2.24) is 0 Å². The van der Waals surface area contributed by atoms with Crippen LogP contribution in [0.2, 0.25) is 0 Å². The van der Waals surface area contributed by atoms with E-state index in [1.165, 1.54) is 70.6 Å². The average Bonchev–Trinajstić information content (AvgIpc) is 2.96. The highest BCUT2D eigenvalue weighted by molar-refractivity contribution is 7.53. The summed E-state index contributed by atoms with van der Waals surface area (Å²) in [5, 5.41) is 0. The topological polar surface area (TPSA) is 72.8 Å². The van der Waals surface area contributed by atoms with E-state index in [2.05, 4.69) is 6.92 Å². The molecule has 0 aromatic carbocycles. The van der Waals surface area contributed by atoms with Crippen molar-refractivity contribution < 1.29 is 23.5 Å². The van der Waals surface area contributed by atoms with Gasteiger partial charge in [-0.3, -0.25) is 9.36 Å². The number of esters is 1. The van der Waals surface area contributed by atoms with E-state index in [4.69, 9.17) is 9.26 Å². The fraction of sp³-hybridized carbons (Fsp3) is 0.950. The SMILES string of the molecule is CCCCCCCCCCCCCCCC(=O)OC[C@@H]1CCP(=O)(O)O1. The van der Waals surface area contributed by atoms with Gasteiger partial charge in [-0.05, 0) is 12.8 Å². The lowest BCUT2D eigenvalue weighted by molar-refractivity contribution is -0.146. The van der Waals surface area contributed by atoms with Crippen molar-refractivity contribution in [2.24, 2.45) is 0 Å². The summed E-state index contributed by atoms with van der Waals surface area (Å²) >= 11 is 0. The molecule has 1 unspecified atom stereocenters. The van der Waals surface area contributed by atoms with Gasteiger partial charge in [0.05, 0.1) is 6.16 Å². The third-order valence-corrected chi connectivity index (χ3v) is 6.41. The lowest BCUT2D eigenvalue weighted by Gasteiger charge is -2.10. The van der Waals surface area contributed by atoms with Gasteiger partial charge in [0.15, 0.2) is 0 Å². The van der Waals surface area contributed by atoms with Gasteiger partial charge in [0.1, 0.15) is 12.7 Å². The summed E-state index contributed by atoms with van der Waals surface area (Å²) in [5.74, 6) is -0.226. The van der Waals surface area contributed by atoms with Crippen LogP contribution in [0, 0.1) is 0 Å². The van der Waals surface area contributed by atoms with E-state index < -0.39 is 13.7 Å². The molecule has 0 spiro atoms. The van der Waals surface area contributed by atoms with E-state index in [1.54, 1.807) is 0 Å². The Balaban J connectivity index is 1.80. The minimum Gasteiger partial charge on any atom is -0.463 e. The molecular formula is C20H39O5P. The standard InChI is InChI=1S/C20H39O5P/c1-2-3-4-5-6-7-8-9-10-11-12-13-14-15-20(21)24-18-19-16-17-26(22,23)25-19/h19H,2-18H2,1H3,(H,22,23)/t19-/m0/s1. The summed E-state index contributed by atoms with van der Waals surface area (Å²) in [4.78, 5) is 20.9. The van der Waals surface area contributed by atoms with Crippen LogP contribution in [0.25, 0.3) is 0 Å². The van der Waals surface area contributed by atoms with Gasteiger partial charge in [0.25, 0.3) is 0 Å². The molecule has 0 aliphatic carbocycles. The lowest BCUT2D eigenvalue weighted by atomic mass is 10.0. The molecular weight excluding hydrogens is 351 g/mol. The second kappa shape index (κ2) is 14.6. The van der Waals surface area contributed by atoms with E-state index in [9.17, 15) is 14.3 Å². The summed E-state index contributed by atoms with van der Waals surface area (Å²) in [6.07, 6.45) is 17.3. The van der Waals surface area contributed by atoms with Gasteiger partial charge < -0.3 is 14.2 Å². The Hall–Kier alpha value is -0.380. The van der Waals surface area contributed by atoms with Crippen LogP contribution in [0.5, 0.6) is 0 Å². The number of hydrogen-bond donors (Lipinski definition) is 1. The molecule has 2 atom stereocenters. The van der Waals surface area contributed by atoms with Crippen molar-refractivity contribution in [3.05, 3.63) is 0 Å². The van der Waals surface area contributed by atoms with Gasteiger partial charge in [-0.2, -0.15) is 0 Å². The molecule has 0 aromatic rings. The van der Waals surface area contributed by atoms with E-state index in [0.29, 0.717) is 12.8 Å². The zero-order valence-corrected chi connectivity index (χ0v) is 17.5. The van der Waals surface area contributed by atoms with Crippen molar-refractivity contribution in [3.8, 4) is 0 Å². The number of unbranched alkanes of at least 4 members (excludes halogenated alkanes) is 12. The summed E-state index contributed by atoms with van der Waals surface area (Å²) in [7, 11) is -3.40. The van der Waals surface area contributed by atoms with Gasteiger partial charge in [-0.25, -0.2) is 0 Å². The Labute approximate surface area is 159 Å². The minimum absolute atomic E-state index is 0.0990. The highest BCUT2D eigenvalue weighted by Crippen LogP contribution is 2.50. The Kier molecular flexibility index (Phi) is 13.3. The van der Waals surface area contributed by atoms with E-state index in [1.807, 2.05) is 0 Å². The molecule has 26 heavy (non-hydrogen) atoms. The number of hydrogen-bond acceptors (Lipinski definition) is 4. The van der Waals surface area contributed by atoms with Gasteiger partial charge in [-0.1, -0.05) is 84.0 Å². The number of carbonyl (C=O) groups excluding carboxylic acids is 1. The van der Waals surface area contributed by atoms with E-state index >= 15 is 0 Å². The summed E-state index contributed by atoms with van der Waals surface area (Å²) in [6, 6.07) is 0. The first kappa shape index (κ1) is 23.7. The molecule has 5 nitrogen and oxygen atoms in total. The maximum absolute atomic E-state index is 11.7. The summed E-state index contributed by atoms with van der Waals surface area (Å²) < 4.78 is 21.4. The van der Waals surface area contributed by atoms with Crippen molar-refractivity contribution in [2.75, 3.05) is 12.8 Å². The molecule has 0 radical (unpaired) electrons. The predicted molar refractivity (Wildman–Crippen MR) is 105 cm³/mol. The van der Waals surface area contributed by atoms with Crippen LogP contribution in [-0.2, 0) is 18.6 Å². The number of ether oxygens (including phenoxy) is 1. The molecule has 0 amide bonds. The molecule has 0 saturated carbocycles. The predicted octanol–water partition coefficient (Wildman–Crippen LogP) is 5.99. The molecule has 0 bridgehead atoms. The smallest absolute Gasteiger partial charge is 0.328 e. The number of rotatable bonds is 16. The Morgan fingerprint density at radius 1 is 0.962 bits per heavy atom. The Bertz CT molecular complexity index is 413.